The molecule has 7 aromatic rings. The van der Waals surface area contributed by atoms with Crippen molar-refractivity contribution in [3.8, 4) is 74.0 Å². The maximum atomic E-state index is 10.2. The van der Waals surface area contributed by atoms with E-state index in [1.807, 2.05) is 84.9 Å². The molecule has 9 rings (SSSR count). The average molecular weight is 603 g/mol. The molecule has 1 aliphatic carbocycles. The molecule has 6 aromatic carbocycles. The number of rotatable bonds is 4. The van der Waals surface area contributed by atoms with Crippen LogP contribution in [-0.4, -0.2) is 15.0 Å². The molecule has 0 N–H and O–H groups in total. The maximum absolute atomic E-state index is 10.2. The van der Waals surface area contributed by atoms with Crippen LogP contribution in [0.25, 0.3) is 56.4 Å². The van der Waals surface area contributed by atoms with E-state index in [1.165, 1.54) is 0 Å². The van der Waals surface area contributed by atoms with Crippen molar-refractivity contribution in [2.75, 3.05) is 0 Å². The number of hydrogen-bond acceptors (Lipinski definition) is 5. The minimum atomic E-state index is -0.598. The van der Waals surface area contributed by atoms with Gasteiger partial charge in [0, 0.05) is 27.8 Å². The van der Waals surface area contributed by atoms with Gasteiger partial charge in [0.2, 0.25) is 0 Å². The lowest BCUT2D eigenvalue weighted by molar-refractivity contribution is 0.430. The van der Waals surface area contributed by atoms with Gasteiger partial charge in [0.15, 0.2) is 17.5 Å². The summed E-state index contributed by atoms with van der Waals surface area (Å²) in [5.41, 5.74) is 10.1. The fraction of sp³-hybridized carbons (Fsp3) is 0.0476. The van der Waals surface area contributed by atoms with Crippen LogP contribution >= 0.6 is 0 Å². The lowest BCUT2D eigenvalue weighted by atomic mass is 9.70. The highest BCUT2D eigenvalue weighted by Gasteiger charge is 2.49. The van der Waals surface area contributed by atoms with E-state index >= 15 is 0 Å². The Hall–Kier alpha value is -6.38. The average Bonchev–Trinajstić information content (AvgIpc) is 3.41. The summed E-state index contributed by atoms with van der Waals surface area (Å²) in [5, 5.41) is 10.2. The highest BCUT2D eigenvalue weighted by atomic mass is 16.5. The third-order valence-corrected chi connectivity index (χ3v) is 9.40. The number of nitrogens with zero attached hydrogens (tertiary/aromatic N) is 4. The quantitative estimate of drug-likeness (QED) is 0.201. The van der Waals surface area contributed by atoms with E-state index in [1.54, 1.807) is 0 Å². The predicted octanol–water partition coefficient (Wildman–Crippen LogP) is 9.85. The van der Waals surface area contributed by atoms with Crippen molar-refractivity contribution in [2.45, 2.75) is 12.3 Å². The van der Waals surface area contributed by atoms with Gasteiger partial charge in [-0.05, 0) is 59.0 Å². The zero-order valence-electron chi connectivity index (χ0n) is 25.5. The van der Waals surface area contributed by atoms with E-state index in [-0.39, 0.29) is 0 Å². The van der Waals surface area contributed by atoms with E-state index in [0.717, 1.165) is 61.4 Å². The molecule has 5 nitrogen and oxygen atoms in total. The highest BCUT2D eigenvalue weighted by Crippen LogP contribution is 2.62. The van der Waals surface area contributed by atoms with Crippen LogP contribution < -0.4 is 4.74 Å². The summed E-state index contributed by atoms with van der Waals surface area (Å²) < 4.78 is 6.46. The van der Waals surface area contributed by atoms with Crippen LogP contribution in [0.2, 0.25) is 0 Å². The molecule has 1 aromatic heterocycles. The van der Waals surface area contributed by atoms with Gasteiger partial charge in [0.25, 0.3) is 0 Å². The Morgan fingerprint density at radius 3 is 1.87 bits per heavy atom. The lowest BCUT2D eigenvalue weighted by Gasteiger charge is -2.35. The van der Waals surface area contributed by atoms with Gasteiger partial charge in [-0.15, -0.1) is 0 Å². The molecular weight excluding hydrogens is 576 g/mol. The van der Waals surface area contributed by atoms with Crippen LogP contribution in [-0.2, 0) is 5.41 Å². The molecule has 1 aliphatic heterocycles. The fourth-order valence-electron chi connectivity index (χ4n) is 7.33. The minimum Gasteiger partial charge on any atom is -0.457 e. The molecule has 0 spiro atoms. The van der Waals surface area contributed by atoms with Crippen LogP contribution in [0.1, 0.15) is 29.2 Å². The number of nitriles is 1. The summed E-state index contributed by atoms with van der Waals surface area (Å²) in [6.45, 7) is 2.20. The molecule has 0 amide bonds. The summed E-state index contributed by atoms with van der Waals surface area (Å²) in [6.07, 6.45) is 0. The molecular formula is C42H26N4O. The Labute approximate surface area is 272 Å². The number of aromatic nitrogens is 3. The third-order valence-electron chi connectivity index (χ3n) is 9.40. The van der Waals surface area contributed by atoms with Crippen LogP contribution in [0.4, 0.5) is 0 Å². The fourth-order valence-corrected chi connectivity index (χ4v) is 7.33. The molecule has 0 saturated heterocycles. The highest BCUT2D eigenvalue weighted by molar-refractivity contribution is 5.95. The second kappa shape index (κ2) is 10.3. The molecule has 0 saturated carbocycles. The third kappa shape index (κ3) is 4.05. The van der Waals surface area contributed by atoms with Gasteiger partial charge >= 0.3 is 0 Å². The van der Waals surface area contributed by atoms with Gasteiger partial charge < -0.3 is 4.74 Å². The topological polar surface area (TPSA) is 71.7 Å². The van der Waals surface area contributed by atoms with E-state index < -0.39 is 5.41 Å². The Morgan fingerprint density at radius 2 is 1.11 bits per heavy atom. The molecule has 0 radical (unpaired) electrons. The van der Waals surface area contributed by atoms with E-state index in [4.69, 9.17) is 19.7 Å². The maximum Gasteiger partial charge on any atom is 0.164 e. The zero-order valence-corrected chi connectivity index (χ0v) is 25.5. The Balaban J connectivity index is 1.30. The first-order valence-electron chi connectivity index (χ1n) is 15.6. The van der Waals surface area contributed by atoms with E-state index in [9.17, 15) is 5.26 Å². The molecule has 2 heterocycles. The summed E-state index contributed by atoms with van der Waals surface area (Å²) >= 11 is 0. The van der Waals surface area contributed by atoms with Gasteiger partial charge in [-0.1, -0.05) is 115 Å². The van der Waals surface area contributed by atoms with Crippen molar-refractivity contribution in [2.24, 2.45) is 0 Å². The Bertz CT molecular complexity index is 2410. The summed E-state index contributed by atoms with van der Waals surface area (Å²) in [4.78, 5) is 15.3. The van der Waals surface area contributed by atoms with Crippen LogP contribution in [0.3, 0.4) is 0 Å². The lowest BCUT2D eigenvalue weighted by Crippen LogP contribution is -2.28. The largest absolute Gasteiger partial charge is 0.457 e. The van der Waals surface area contributed by atoms with Gasteiger partial charge in [-0.2, -0.15) is 5.26 Å². The monoisotopic (exact) mass is 602 g/mol. The molecule has 47 heavy (non-hydrogen) atoms. The Morgan fingerprint density at radius 1 is 0.532 bits per heavy atom. The predicted molar refractivity (Wildman–Crippen MR) is 184 cm³/mol. The number of hydrogen-bond donors (Lipinski definition) is 0. The van der Waals surface area contributed by atoms with Gasteiger partial charge in [0.1, 0.15) is 11.5 Å². The van der Waals surface area contributed by atoms with Crippen molar-refractivity contribution < 1.29 is 4.74 Å². The number of ether oxygens (including phenoxy) is 1. The van der Waals surface area contributed by atoms with Crippen molar-refractivity contribution in [1.29, 1.82) is 5.26 Å². The van der Waals surface area contributed by atoms with Crippen molar-refractivity contribution in [3.63, 3.8) is 0 Å². The van der Waals surface area contributed by atoms with E-state index in [2.05, 4.69) is 67.6 Å². The summed E-state index contributed by atoms with van der Waals surface area (Å²) in [6, 6.07) is 49.3. The second-order valence-electron chi connectivity index (χ2n) is 12.0. The minimum absolute atomic E-state index is 0.588. The summed E-state index contributed by atoms with van der Waals surface area (Å²) in [5.74, 6) is 3.30. The molecule has 1 unspecified atom stereocenters. The van der Waals surface area contributed by atoms with Crippen molar-refractivity contribution >= 4 is 0 Å². The van der Waals surface area contributed by atoms with Gasteiger partial charge in [0.05, 0.1) is 17.0 Å². The van der Waals surface area contributed by atoms with Crippen molar-refractivity contribution in [3.05, 3.63) is 162 Å². The number of benzene rings is 6. The summed E-state index contributed by atoms with van der Waals surface area (Å²) in [7, 11) is 0. The molecule has 1 atom stereocenters. The standard InChI is InChI=1S/C42H26N4O/c1-42-33-21-10-20-32(36(33)31-19-11-23-35(38(31)42)47-34-22-9-18-30(25-43)37(34)42)41-45-39(27-14-6-3-7-15-27)44-40(46-41)29-17-8-16-28(24-29)26-12-4-2-5-13-26/h2-24H,1H3. The second-order valence-corrected chi connectivity index (χ2v) is 12.0. The zero-order chi connectivity index (χ0) is 31.5. The van der Waals surface area contributed by atoms with Crippen molar-refractivity contribution in [1.82, 2.24) is 15.0 Å². The molecule has 220 valence electrons. The van der Waals surface area contributed by atoms with Crippen LogP contribution in [0, 0.1) is 11.3 Å². The van der Waals surface area contributed by atoms with Gasteiger partial charge in [-0.3, -0.25) is 0 Å². The van der Waals surface area contributed by atoms with E-state index in [0.29, 0.717) is 28.8 Å². The van der Waals surface area contributed by atoms with Crippen LogP contribution in [0.5, 0.6) is 11.5 Å². The first-order valence-corrected chi connectivity index (χ1v) is 15.6. The Kier molecular flexibility index (Phi) is 5.93. The normalized spacial score (nSPS) is 15.1. The molecule has 0 fully saturated rings. The SMILES string of the molecule is CC12c3cccc(-c4nc(-c5ccccc5)nc(-c5cccc(-c6ccccc6)c5)n4)c3-c3cccc(c31)Oc1cccc(C#N)c12. The smallest absolute Gasteiger partial charge is 0.164 e. The molecule has 2 aliphatic rings. The molecule has 0 bridgehead atoms. The first kappa shape index (κ1) is 27.0. The number of fused-ring (bicyclic) bond motifs is 5. The van der Waals surface area contributed by atoms with Gasteiger partial charge in [-0.25, -0.2) is 15.0 Å². The van der Waals surface area contributed by atoms with Crippen LogP contribution in [0.15, 0.2) is 140 Å². The first-order chi connectivity index (χ1) is 23.1. The molecule has 5 heteroatoms.